The summed E-state index contributed by atoms with van der Waals surface area (Å²) in [6, 6.07) is 3.85. The first-order valence-corrected chi connectivity index (χ1v) is 3.98. The molecule has 13 heavy (non-hydrogen) atoms. The van der Waals surface area contributed by atoms with Gasteiger partial charge in [-0.1, -0.05) is 12.2 Å². The van der Waals surface area contributed by atoms with E-state index in [-0.39, 0.29) is 12.0 Å². The molecule has 62 valence electrons. The van der Waals surface area contributed by atoms with E-state index in [1.54, 1.807) is 0 Å². The maximum atomic E-state index is 8.94. The summed E-state index contributed by atoms with van der Waals surface area (Å²) in [6.45, 7) is 0. The Kier molecular flexibility index (Phi) is 1.32. The van der Waals surface area contributed by atoms with E-state index in [1.165, 1.54) is 4.90 Å². The summed E-state index contributed by atoms with van der Waals surface area (Å²) in [5, 5.41) is 26.7. The van der Waals surface area contributed by atoms with Crippen LogP contribution in [-0.2, 0) is 0 Å². The first-order valence-electron chi connectivity index (χ1n) is 3.98. The lowest BCUT2D eigenvalue weighted by atomic mass is 9.88. The molecule has 1 heterocycles. The predicted octanol–water partition coefficient (Wildman–Crippen LogP) is 0.514. The van der Waals surface area contributed by atoms with Gasteiger partial charge in [-0.15, -0.1) is 0 Å². The lowest BCUT2D eigenvalue weighted by Crippen LogP contribution is -2.46. The third kappa shape index (κ3) is 0.668. The number of rotatable bonds is 0. The molecule has 4 heteroatoms. The molecule has 0 amide bonds. The van der Waals surface area contributed by atoms with Crippen molar-refractivity contribution in [3.63, 3.8) is 0 Å². The Hall–Kier alpha value is -1.99. The fourth-order valence-electron chi connectivity index (χ4n) is 2.07. The Bertz CT molecular complexity index is 375. The second-order valence-electron chi connectivity index (χ2n) is 3.25. The highest BCUT2D eigenvalue weighted by Gasteiger charge is 2.55. The summed E-state index contributed by atoms with van der Waals surface area (Å²) in [4.78, 5) is 1.30. The maximum Gasteiger partial charge on any atom is 0.229 e. The van der Waals surface area contributed by atoms with Gasteiger partial charge in [-0.05, 0) is 6.42 Å². The van der Waals surface area contributed by atoms with Gasteiger partial charge in [-0.25, -0.2) is 0 Å². The summed E-state index contributed by atoms with van der Waals surface area (Å²) in [5.41, 5.74) is -1.24. The molecule has 1 saturated heterocycles. The molecule has 0 aromatic carbocycles. The quantitative estimate of drug-likeness (QED) is 0.392. The molecule has 2 bridgehead atoms. The van der Waals surface area contributed by atoms with Crippen LogP contribution in [0.1, 0.15) is 6.42 Å². The number of nitrogens with zero attached hydrogens (tertiary/aromatic N) is 4. The van der Waals surface area contributed by atoms with Gasteiger partial charge in [0.1, 0.15) is 12.1 Å². The van der Waals surface area contributed by atoms with E-state index in [2.05, 4.69) is 0 Å². The predicted molar refractivity (Wildman–Crippen MR) is 42.4 cm³/mol. The monoisotopic (exact) mass is 170 g/mol. The van der Waals surface area contributed by atoms with Crippen molar-refractivity contribution < 1.29 is 0 Å². The van der Waals surface area contributed by atoms with Gasteiger partial charge in [0.15, 0.2) is 6.19 Å². The van der Waals surface area contributed by atoms with Gasteiger partial charge in [-0.3, -0.25) is 4.90 Å². The summed E-state index contributed by atoms with van der Waals surface area (Å²) in [6.07, 6.45) is 6.40. The summed E-state index contributed by atoms with van der Waals surface area (Å²) < 4.78 is 0. The molecule has 1 fully saturated rings. The van der Waals surface area contributed by atoms with Crippen molar-refractivity contribution in [2.24, 2.45) is 5.92 Å². The normalized spacial score (nSPS) is 32.2. The van der Waals surface area contributed by atoms with Crippen molar-refractivity contribution in [1.82, 2.24) is 4.90 Å². The molecule has 2 rings (SSSR count). The van der Waals surface area contributed by atoms with E-state index < -0.39 is 5.54 Å². The van der Waals surface area contributed by atoms with Crippen LogP contribution in [0.25, 0.3) is 0 Å². The third-order valence-electron chi connectivity index (χ3n) is 2.76. The van der Waals surface area contributed by atoms with E-state index in [0.717, 1.165) is 0 Å². The van der Waals surface area contributed by atoms with E-state index in [0.29, 0.717) is 6.42 Å². The van der Waals surface area contributed by atoms with Crippen molar-refractivity contribution in [3.05, 3.63) is 12.2 Å². The lowest BCUT2D eigenvalue weighted by Gasteiger charge is -2.28. The van der Waals surface area contributed by atoms with Crippen molar-refractivity contribution >= 4 is 0 Å². The molecule has 2 atom stereocenters. The van der Waals surface area contributed by atoms with Crippen molar-refractivity contribution in [1.29, 1.82) is 15.8 Å². The Morgan fingerprint density at radius 2 is 1.92 bits per heavy atom. The van der Waals surface area contributed by atoms with Gasteiger partial charge in [0.2, 0.25) is 5.54 Å². The van der Waals surface area contributed by atoms with Gasteiger partial charge in [0.05, 0.1) is 6.04 Å². The first-order chi connectivity index (χ1) is 6.28. The molecule has 0 spiro atoms. The molecule has 1 aliphatic carbocycles. The molecule has 1 aliphatic heterocycles. The molecular formula is C9H6N4. The molecular weight excluding hydrogens is 164 g/mol. The van der Waals surface area contributed by atoms with Gasteiger partial charge in [-0.2, -0.15) is 15.8 Å². The minimum atomic E-state index is -1.24. The number of likely N-dealkylation sites (tertiary alicyclic amines) is 1. The fraction of sp³-hybridized carbons (Fsp3) is 0.444. The van der Waals surface area contributed by atoms with Gasteiger partial charge < -0.3 is 0 Å². The van der Waals surface area contributed by atoms with Crippen molar-refractivity contribution in [2.75, 3.05) is 0 Å². The Balaban J connectivity index is 2.53. The largest absolute Gasteiger partial charge is 0.271 e. The number of fused-ring (bicyclic) bond motifs is 2. The van der Waals surface area contributed by atoms with Crippen LogP contribution in [0.15, 0.2) is 12.2 Å². The van der Waals surface area contributed by atoms with E-state index in [4.69, 9.17) is 15.8 Å². The third-order valence-corrected chi connectivity index (χ3v) is 2.76. The highest BCUT2D eigenvalue weighted by molar-refractivity contribution is 5.39. The molecule has 0 radical (unpaired) electrons. The molecule has 0 aromatic rings. The Morgan fingerprint density at radius 3 is 2.38 bits per heavy atom. The zero-order valence-electron chi connectivity index (χ0n) is 6.81. The zero-order chi connectivity index (χ0) is 9.47. The summed E-state index contributed by atoms with van der Waals surface area (Å²) in [5.74, 6) is -0.104. The van der Waals surface area contributed by atoms with Crippen LogP contribution in [-0.4, -0.2) is 16.5 Å². The van der Waals surface area contributed by atoms with Crippen LogP contribution in [0.4, 0.5) is 0 Å². The SMILES string of the molecule is N#CN1C2C=CC(C2)C1(C#N)C#N. The zero-order valence-corrected chi connectivity index (χ0v) is 6.81. The minimum Gasteiger partial charge on any atom is -0.271 e. The molecule has 0 saturated carbocycles. The summed E-state index contributed by atoms with van der Waals surface area (Å²) in [7, 11) is 0. The van der Waals surface area contributed by atoms with Crippen LogP contribution in [0.2, 0.25) is 0 Å². The minimum absolute atomic E-state index is 0.0469. The molecule has 2 aliphatic rings. The van der Waals surface area contributed by atoms with Gasteiger partial charge in [0.25, 0.3) is 0 Å². The average Bonchev–Trinajstić information content (AvgIpc) is 2.74. The number of hydrogen-bond acceptors (Lipinski definition) is 4. The standard InChI is InChI=1S/C9H6N4/c10-4-9(5-11)7-1-2-8(3-7)13(9)6-12/h1-2,7-8H,3H2. The van der Waals surface area contributed by atoms with Crippen LogP contribution >= 0.6 is 0 Å². The Morgan fingerprint density at radius 1 is 1.23 bits per heavy atom. The van der Waals surface area contributed by atoms with Crippen LogP contribution in [0.5, 0.6) is 0 Å². The van der Waals surface area contributed by atoms with Crippen LogP contribution in [0, 0.1) is 40.0 Å². The molecule has 0 N–H and O–H groups in total. The summed E-state index contributed by atoms with van der Waals surface area (Å²) >= 11 is 0. The van der Waals surface area contributed by atoms with E-state index >= 15 is 0 Å². The van der Waals surface area contributed by atoms with Gasteiger partial charge >= 0.3 is 0 Å². The van der Waals surface area contributed by atoms with Crippen molar-refractivity contribution in [2.45, 2.75) is 18.0 Å². The van der Waals surface area contributed by atoms with Crippen LogP contribution < -0.4 is 0 Å². The maximum absolute atomic E-state index is 8.94. The Labute approximate surface area is 75.9 Å². The van der Waals surface area contributed by atoms with E-state index in [1.807, 2.05) is 30.5 Å². The van der Waals surface area contributed by atoms with Crippen molar-refractivity contribution in [3.8, 4) is 18.3 Å². The smallest absolute Gasteiger partial charge is 0.229 e. The molecule has 4 nitrogen and oxygen atoms in total. The lowest BCUT2D eigenvalue weighted by molar-refractivity contribution is 0.281. The number of nitriles is 3. The number of hydrogen-bond donors (Lipinski definition) is 0. The second-order valence-corrected chi connectivity index (χ2v) is 3.25. The topological polar surface area (TPSA) is 74.6 Å². The second kappa shape index (κ2) is 2.25. The molecule has 0 aromatic heterocycles. The fourth-order valence-corrected chi connectivity index (χ4v) is 2.07. The molecule has 2 unspecified atom stereocenters. The first kappa shape index (κ1) is 7.65. The highest BCUT2D eigenvalue weighted by atomic mass is 15.3. The van der Waals surface area contributed by atoms with Crippen LogP contribution in [0.3, 0.4) is 0 Å². The average molecular weight is 170 g/mol. The van der Waals surface area contributed by atoms with Gasteiger partial charge in [0, 0.05) is 5.92 Å². The highest BCUT2D eigenvalue weighted by Crippen LogP contribution is 2.43. The van der Waals surface area contributed by atoms with E-state index in [9.17, 15) is 0 Å².